The van der Waals surface area contributed by atoms with Crippen molar-refractivity contribution in [1.82, 2.24) is 10.0 Å². The average molecular weight is 389 g/mol. The number of nitrogens with one attached hydrogen (secondary N) is 2. The molecule has 2 aromatic rings. The van der Waals surface area contributed by atoms with Crippen LogP contribution in [0.15, 0.2) is 59.5 Å². The van der Waals surface area contributed by atoms with Gasteiger partial charge in [-0.05, 0) is 42.5 Å². The minimum Gasteiger partial charge on any atom is -0.350 e. The van der Waals surface area contributed by atoms with Gasteiger partial charge in [-0.15, -0.1) is 0 Å². The van der Waals surface area contributed by atoms with E-state index in [0.717, 1.165) is 11.1 Å². The van der Waals surface area contributed by atoms with Gasteiger partial charge in [0.1, 0.15) is 0 Å². The Bertz CT molecular complexity index is 831. The molecule has 0 aromatic heterocycles. The van der Waals surface area contributed by atoms with E-state index in [1.807, 2.05) is 51.1 Å². The van der Waals surface area contributed by atoms with E-state index in [2.05, 4.69) is 10.0 Å². The molecule has 1 atom stereocenters. The zero-order valence-corrected chi connectivity index (χ0v) is 16.9. The van der Waals surface area contributed by atoms with E-state index >= 15 is 0 Å². The molecule has 5 nitrogen and oxygen atoms in total. The van der Waals surface area contributed by atoms with Crippen LogP contribution in [-0.4, -0.2) is 20.9 Å². The maximum absolute atomic E-state index is 12.2. The van der Waals surface area contributed by atoms with E-state index in [0.29, 0.717) is 19.4 Å². The second-order valence-electron chi connectivity index (χ2n) is 7.09. The summed E-state index contributed by atoms with van der Waals surface area (Å²) >= 11 is 0. The number of rotatable bonds is 9. The maximum Gasteiger partial charge on any atom is 0.240 e. The van der Waals surface area contributed by atoms with Crippen molar-refractivity contribution in [2.45, 2.75) is 44.6 Å². The summed E-state index contributed by atoms with van der Waals surface area (Å²) < 4.78 is 27.0. The molecule has 0 saturated heterocycles. The van der Waals surface area contributed by atoms with Crippen molar-refractivity contribution in [1.29, 1.82) is 0 Å². The number of carbonyl (C=O) groups excluding carboxylic acids is 1. The van der Waals surface area contributed by atoms with Gasteiger partial charge in [-0.25, -0.2) is 13.1 Å². The Balaban J connectivity index is 1.86. The summed E-state index contributed by atoms with van der Waals surface area (Å²) in [6.07, 6.45) is 0.919. The smallest absolute Gasteiger partial charge is 0.240 e. The van der Waals surface area contributed by atoms with Gasteiger partial charge in [-0.3, -0.25) is 4.79 Å². The fraction of sp³-hybridized carbons (Fsp3) is 0.381. The molecule has 2 N–H and O–H groups in total. The first-order chi connectivity index (χ1) is 12.8. The van der Waals surface area contributed by atoms with Crippen molar-refractivity contribution in [3.63, 3.8) is 0 Å². The standard InChI is InChI=1S/C21H28N2O3S/c1-16(2)15-22-27(25,26)20-12-9-18(10-13-20)11-14-21(24)23-17(3)19-7-5-4-6-8-19/h4-10,12-13,16-17,22H,11,14-15H2,1-3H3,(H,23,24)/t17-/m0/s1. The summed E-state index contributed by atoms with van der Waals surface area (Å²) in [5, 5.41) is 2.98. The molecular weight excluding hydrogens is 360 g/mol. The highest BCUT2D eigenvalue weighted by Crippen LogP contribution is 2.14. The SMILES string of the molecule is CC(C)CNS(=O)(=O)c1ccc(CCC(=O)N[C@@H](C)c2ccccc2)cc1. The van der Waals surface area contributed by atoms with Gasteiger partial charge >= 0.3 is 0 Å². The lowest BCUT2D eigenvalue weighted by Crippen LogP contribution is -2.27. The fourth-order valence-electron chi connectivity index (χ4n) is 2.59. The monoisotopic (exact) mass is 388 g/mol. The van der Waals surface area contributed by atoms with Crippen molar-refractivity contribution in [3.05, 3.63) is 65.7 Å². The van der Waals surface area contributed by atoms with Crippen LogP contribution in [0, 0.1) is 5.92 Å². The quantitative estimate of drug-likeness (QED) is 0.691. The van der Waals surface area contributed by atoms with Crippen molar-refractivity contribution >= 4 is 15.9 Å². The minimum atomic E-state index is -3.48. The van der Waals surface area contributed by atoms with Gasteiger partial charge in [-0.2, -0.15) is 0 Å². The minimum absolute atomic E-state index is 0.0262. The van der Waals surface area contributed by atoms with Crippen LogP contribution < -0.4 is 10.0 Å². The lowest BCUT2D eigenvalue weighted by molar-refractivity contribution is -0.121. The molecule has 1 amide bonds. The third-order valence-electron chi connectivity index (χ3n) is 4.23. The molecule has 0 spiro atoms. The summed E-state index contributed by atoms with van der Waals surface area (Å²) in [7, 11) is -3.48. The zero-order valence-electron chi connectivity index (χ0n) is 16.1. The largest absolute Gasteiger partial charge is 0.350 e. The van der Waals surface area contributed by atoms with Gasteiger partial charge in [0.25, 0.3) is 0 Å². The Hall–Kier alpha value is -2.18. The second-order valence-corrected chi connectivity index (χ2v) is 8.86. The molecule has 0 aliphatic rings. The summed E-state index contributed by atoms with van der Waals surface area (Å²) in [5.41, 5.74) is 2.00. The van der Waals surface area contributed by atoms with Gasteiger partial charge in [0.15, 0.2) is 0 Å². The molecule has 146 valence electrons. The Labute approximate surface area is 162 Å². The van der Waals surface area contributed by atoms with Crippen LogP contribution in [-0.2, 0) is 21.2 Å². The zero-order chi connectivity index (χ0) is 19.9. The van der Waals surface area contributed by atoms with Crippen LogP contribution >= 0.6 is 0 Å². The highest BCUT2D eigenvalue weighted by molar-refractivity contribution is 7.89. The van der Waals surface area contributed by atoms with Crippen molar-refractivity contribution in [2.24, 2.45) is 5.92 Å². The molecule has 0 fully saturated rings. The summed E-state index contributed by atoms with van der Waals surface area (Å²) in [6, 6.07) is 16.5. The van der Waals surface area contributed by atoms with Crippen LogP contribution in [0.3, 0.4) is 0 Å². The molecule has 2 rings (SSSR count). The number of hydrogen-bond acceptors (Lipinski definition) is 3. The van der Waals surface area contributed by atoms with E-state index in [4.69, 9.17) is 0 Å². The molecule has 2 aromatic carbocycles. The number of aryl methyl sites for hydroxylation is 1. The van der Waals surface area contributed by atoms with Crippen LogP contribution in [0.25, 0.3) is 0 Å². The van der Waals surface area contributed by atoms with Crippen LogP contribution in [0.1, 0.15) is 44.4 Å². The molecule has 0 aliphatic heterocycles. The molecule has 0 radical (unpaired) electrons. The molecule has 27 heavy (non-hydrogen) atoms. The van der Waals surface area contributed by atoms with Crippen molar-refractivity contribution in [2.75, 3.05) is 6.54 Å². The van der Waals surface area contributed by atoms with Crippen molar-refractivity contribution < 1.29 is 13.2 Å². The number of benzene rings is 2. The number of carbonyl (C=O) groups is 1. The molecule has 0 heterocycles. The predicted molar refractivity (Wildman–Crippen MR) is 108 cm³/mol. The van der Waals surface area contributed by atoms with Crippen molar-refractivity contribution in [3.8, 4) is 0 Å². The second kappa shape index (κ2) is 9.67. The first-order valence-electron chi connectivity index (χ1n) is 9.21. The fourth-order valence-corrected chi connectivity index (χ4v) is 3.81. The van der Waals surface area contributed by atoms with Gasteiger partial charge in [0, 0.05) is 13.0 Å². The lowest BCUT2D eigenvalue weighted by Gasteiger charge is -2.14. The van der Waals surface area contributed by atoms with E-state index in [9.17, 15) is 13.2 Å². The summed E-state index contributed by atoms with van der Waals surface area (Å²) in [5.74, 6) is 0.220. The van der Waals surface area contributed by atoms with Gasteiger partial charge in [0.05, 0.1) is 10.9 Å². The Kier molecular flexibility index (Phi) is 7.56. The molecule has 0 unspecified atom stereocenters. The van der Waals surface area contributed by atoms with E-state index in [1.165, 1.54) is 0 Å². The molecule has 0 saturated carbocycles. The third kappa shape index (κ3) is 6.81. The van der Waals surface area contributed by atoms with Gasteiger partial charge in [-0.1, -0.05) is 56.3 Å². The molecule has 0 bridgehead atoms. The van der Waals surface area contributed by atoms with Crippen LogP contribution in [0.5, 0.6) is 0 Å². The average Bonchev–Trinajstić information content (AvgIpc) is 2.66. The lowest BCUT2D eigenvalue weighted by atomic mass is 10.1. The van der Waals surface area contributed by atoms with E-state index < -0.39 is 10.0 Å². The first-order valence-corrected chi connectivity index (χ1v) is 10.7. The number of hydrogen-bond donors (Lipinski definition) is 2. The maximum atomic E-state index is 12.2. The predicted octanol–water partition coefficient (Wildman–Crippen LogP) is 3.43. The van der Waals surface area contributed by atoms with Crippen LogP contribution in [0.2, 0.25) is 0 Å². The van der Waals surface area contributed by atoms with Crippen LogP contribution in [0.4, 0.5) is 0 Å². The van der Waals surface area contributed by atoms with E-state index in [-0.39, 0.29) is 22.8 Å². The highest BCUT2D eigenvalue weighted by atomic mass is 32.2. The number of sulfonamides is 1. The Morgan fingerprint density at radius 2 is 1.59 bits per heavy atom. The highest BCUT2D eigenvalue weighted by Gasteiger charge is 2.14. The molecular formula is C21H28N2O3S. The number of amides is 1. The topological polar surface area (TPSA) is 75.3 Å². The summed E-state index contributed by atoms with van der Waals surface area (Å²) in [6.45, 7) is 6.27. The molecule has 6 heteroatoms. The summed E-state index contributed by atoms with van der Waals surface area (Å²) in [4.78, 5) is 12.4. The first kappa shape index (κ1) is 21.1. The third-order valence-corrected chi connectivity index (χ3v) is 5.67. The molecule has 0 aliphatic carbocycles. The normalized spacial score (nSPS) is 12.7. The van der Waals surface area contributed by atoms with Gasteiger partial charge in [0.2, 0.25) is 15.9 Å². The van der Waals surface area contributed by atoms with Gasteiger partial charge < -0.3 is 5.32 Å². The van der Waals surface area contributed by atoms with E-state index in [1.54, 1.807) is 24.3 Å². The Morgan fingerprint density at radius 1 is 0.963 bits per heavy atom. The Morgan fingerprint density at radius 3 is 2.19 bits per heavy atom.